The van der Waals surface area contributed by atoms with Crippen molar-refractivity contribution in [2.45, 2.75) is 57.5 Å². The summed E-state index contributed by atoms with van der Waals surface area (Å²) in [5.41, 5.74) is 0. The molecule has 6 nitrogen and oxygen atoms in total. The highest BCUT2D eigenvalue weighted by Crippen LogP contribution is 2.31. The molecule has 1 saturated carbocycles. The van der Waals surface area contributed by atoms with Gasteiger partial charge in [0.15, 0.2) is 5.82 Å². The Morgan fingerprint density at radius 3 is 2.48 bits per heavy atom. The lowest BCUT2D eigenvalue weighted by molar-refractivity contribution is 0.100. The molecule has 0 amide bonds. The van der Waals surface area contributed by atoms with Gasteiger partial charge in [-0.25, -0.2) is 4.68 Å². The van der Waals surface area contributed by atoms with Gasteiger partial charge in [0.2, 0.25) is 0 Å². The molecule has 3 rings (SSSR count). The second-order valence-electron chi connectivity index (χ2n) is 6.54. The van der Waals surface area contributed by atoms with Gasteiger partial charge in [-0.05, 0) is 36.7 Å². The molecule has 1 aromatic heterocycles. The number of aromatic nitrogens is 4. The zero-order chi connectivity index (χ0) is 14.7. The summed E-state index contributed by atoms with van der Waals surface area (Å²) in [6, 6.07) is 0.890. The molecule has 1 atom stereocenters. The van der Waals surface area contributed by atoms with Crippen LogP contribution in [0.5, 0.6) is 0 Å². The number of nitrogens with zero attached hydrogens (tertiary/aromatic N) is 6. The van der Waals surface area contributed by atoms with Crippen LogP contribution in [0.2, 0.25) is 0 Å². The number of rotatable bonds is 4. The van der Waals surface area contributed by atoms with Gasteiger partial charge in [-0.3, -0.25) is 4.90 Å². The highest BCUT2D eigenvalue weighted by molar-refractivity contribution is 4.96. The van der Waals surface area contributed by atoms with Crippen LogP contribution < -0.4 is 0 Å². The Bertz CT molecular complexity index is 431. The zero-order valence-corrected chi connectivity index (χ0v) is 13.4. The van der Waals surface area contributed by atoms with Crippen LogP contribution in [0.1, 0.15) is 63.4 Å². The molecule has 118 valence electrons. The number of tetrazole rings is 1. The molecule has 1 aliphatic heterocycles. The molecule has 0 spiro atoms. The fourth-order valence-electron chi connectivity index (χ4n) is 3.74. The SMILES string of the molecule is CC[C@@H](c1nnnn1C1CCCCC1)N1CCN(C)CC1. The second kappa shape index (κ2) is 6.83. The molecular formula is C15H28N6. The third kappa shape index (κ3) is 3.26. The van der Waals surface area contributed by atoms with E-state index in [4.69, 9.17) is 0 Å². The minimum absolute atomic E-state index is 0.371. The summed E-state index contributed by atoms with van der Waals surface area (Å²) in [7, 11) is 2.20. The molecule has 0 radical (unpaired) electrons. The molecule has 0 unspecified atom stereocenters. The smallest absolute Gasteiger partial charge is 0.168 e. The molecule has 2 fully saturated rings. The Balaban J connectivity index is 1.76. The van der Waals surface area contributed by atoms with E-state index in [1.54, 1.807) is 0 Å². The van der Waals surface area contributed by atoms with Gasteiger partial charge in [0, 0.05) is 26.2 Å². The molecule has 0 aromatic carbocycles. The Morgan fingerprint density at radius 2 is 1.81 bits per heavy atom. The van der Waals surface area contributed by atoms with Crippen molar-refractivity contribution in [2.75, 3.05) is 33.2 Å². The van der Waals surface area contributed by atoms with Crippen molar-refractivity contribution in [3.05, 3.63) is 5.82 Å². The van der Waals surface area contributed by atoms with E-state index in [-0.39, 0.29) is 0 Å². The number of hydrogen-bond acceptors (Lipinski definition) is 5. The third-order valence-electron chi connectivity index (χ3n) is 5.10. The van der Waals surface area contributed by atoms with Gasteiger partial charge in [0.25, 0.3) is 0 Å². The zero-order valence-electron chi connectivity index (χ0n) is 13.4. The highest BCUT2D eigenvalue weighted by atomic mass is 15.6. The molecule has 0 N–H and O–H groups in total. The summed E-state index contributed by atoms with van der Waals surface area (Å²) in [6.07, 6.45) is 7.54. The predicted octanol–water partition coefficient (Wildman–Crippen LogP) is 1.88. The van der Waals surface area contributed by atoms with E-state index < -0.39 is 0 Å². The molecule has 0 bridgehead atoms. The van der Waals surface area contributed by atoms with Crippen LogP contribution in [0, 0.1) is 0 Å². The standard InChI is InChI=1S/C15H28N6/c1-3-14(20-11-9-19(2)10-12-20)15-16-17-18-21(15)13-7-5-4-6-8-13/h13-14H,3-12H2,1-2H3/t14-/m0/s1. The number of hydrogen-bond donors (Lipinski definition) is 0. The normalized spacial score (nSPS) is 24.3. The van der Waals surface area contributed by atoms with Crippen molar-refractivity contribution in [1.82, 2.24) is 30.0 Å². The largest absolute Gasteiger partial charge is 0.304 e. The van der Waals surface area contributed by atoms with Crippen molar-refractivity contribution >= 4 is 0 Å². The maximum atomic E-state index is 4.40. The van der Waals surface area contributed by atoms with Gasteiger partial charge in [0.05, 0.1) is 12.1 Å². The first-order chi connectivity index (χ1) is 10.3. The van der Waals surface area contributed by atoms with Crippen LogP contribution in [0.3, 0.4) is 0 Å². The Kier molecular flexibility index (Phi) is 4.85. The lowest BCUT2D eigenvalue weighted by Gasteiger charge is -2.37. The number of piperazine rings is 1. The van der Waals surface area contributed by atoms with Gasteiger partial charge in [0.1, 0.15) is 0 Å². The highest BCUT2D eigenvalue weighted by Gasteiger charge is 2.29. The fourth-order valence-corrected chi connectivity index (χ4v) is 3.74. The van der Waals surface area contributed by atoms with Gasteiger partial charge in [-0.1, -0.05) is 26.2 Å². The Labute approximate surface area is 127 Å². The van der Waals surface area contributed by atoms with Crippen LogP contribution >= 0.6 is 0 Å². The molecule has 1 aromatic rings. The van der Waals surface area contributed by atoms with E-state index in [9.17, 15) is 0 Å². The average molecular weight is 292 g/mol. The molecule has 6 heteroatoms. The topological polar surface area (TPSA) is 50.1 Å². The van der Waals surface area contributed by atoms with Crippen molar-refractivity contribution in [1.29, 1.82) is 0 Å². The lowest BCUT2D eigenvalue weighted by atomic mass is 9.95. The monoisotopic (exact) mass is 292 g/mol. The quantitative estimate of drug-likeness (QED) is 0.848. The Morgan fingerprint density at radius 1 is 1.10 bits per heavy atom. The van der Waals surface area contributed by atoms with Gasteiger partial charge >= 0.3 is 0 Å². The predicted molar refractivity (Wildman–Crippen MR) is 82.0 cm³/mol. The summed E-state index contributed by atoms with van der Waals surface area (Å²) in [4.78, 5) is 4.96. The first-order valence-corrected chi connectivity index (χ1v) is 8.50. The number of likely N-dealkylation sites (N-methyl/N-ethyl adjacent to an activating group) is 1. The molecule has 21 heavy (non-hydrogen) atoms. The van der Waals surface area contributed by atoms with Gasteiger partial charge in [-0.2, -0.15) is 0 Å². The maximum absolute atomic E-state index is 4.40. The van der Waals surface area contributed by atoms with E-state index in [0.717, 1.165) is 38.4 Å². The Hall–Kier alpha value is -1.01. The summed E-state index contributed by atoms with van der Waals surface area (Å²) < 4.78 is 2.14. The molecule has 1 aliphatic carbocycles. The summed E-state index contributed by atoms with van der Waals surface area (Å²) >= 11 is 0. The fraction of sp³-hybridized carbons (Fsp3) is 0.933. The van der Waals surface area contributed by atoms with E-state index in [0.29, 0.717) is 12.1 Å². The van der Waals surface area contributed by atoms with Crippen molar-refractivity contribution in [3.63, 3.8) is 0 Å². The van der Waals surface area contributed by atoms with Crippen LogP contribution in [0.4, 0.5) is 0 Å². The van der Waals surface area contributed by atoms with Gasteiger partial charge in [-0.15, -0.1) is 5.10 Å². The van der Waals surface area contributed by atoms with Crippen LogP contribution in [-0.2, 0) is 0 Å². The lowest BCUT2D eigenvalue weighted by Crippen LogP contribution is -2.46. The van der Waals surface area contributed by atoms with Crippen molar-refractivity contribution in [2.24, 2.45) is 0 Å². The van der Waals surface area contributed by atoms with Crippen LogP contribution in [-0.4, -0.2) is 63.2 Å². The van der Waals surface area contributed by atoms with Crippen LogP contribution in [0.15, 0.2) is 0 Å². The first kappa shape index (κ1) is 14.9. The van der Waals surface area contributed by atoms with E-state index >= 15 is 0 Å². The summed E-state index contributed by atoms with van der Waals surface area (Å²) in [6.45, 7) is 6.77. The minimum Gasteiger partial charge on any atom is -0.304 e. The molecule has 2 aliphatic rings. The van der Waals surface area contributed by atoms with E-state index in [2.05, 4.69) is 44.0 Å². The van der Waals surface area contributed by atoms with E-state index in [1.165, 1.54) is 32.1 Å². The van der Waals surface area contributed by atoms with Crippen molar-refractivity contribution < 1.29 is 0 Å². The summed E-state index contributed by atoms with van der Waals surface area (Å²) in [5.74, 6) is 1.09. The first-order valence-electron chi connectivity index (χ1n) is 8.50. The van der Waals surface area contributed by atoms with Crippen LogP contribution in [0.25, 0.3) is 0 Å². The molecule has 1 saturated heterocycles. The molecule has 2 heterocycles. The second-order valence-corrected chi connectivity index (χ2v) is 6.54. The van der Waals surface area contributed by atoms with Gasteiger partial charge < -0.3 is 4.90 Å². The maximum Gasteiger partial charge on any atom is 0.168 e. The molecular weight excluding hydrogens is 264 g/mol. The van der Waals surface area contributed by atoms with E-state index in [1.807, 2.05) is 0 Å². The third-order valence-corrected chi connectivity index (χ3v) is 5.10. The van der Waals surface area contributed by atoms with Crippen molar-refractivity contribution in [3.8, 4) is 0 Å². The summed E-state index contributed by atoms with van der Waals surface area (Å²) in [5, 5.41) is 12.7. The minimum atomic E-state index is 0.371. The average Bonchev–Trinajstić information content (AvgIpc) is 3.00.